The Kier molecular flexibility index (Phi) is 5.98. The van der Waals surface area contributed by atoms with Crippen LogP contribution < -0.4 is 5.32 Å². The van der Waals surface area contributed by atoms with Crippen LogP contribution in [0.2, 0.25) is 0 Å². The molecule has 1 atom stereocenters. The lowest BCUT2D eigenvalue weighted by Gasteiger charge is -2.37. The molecule has 1 heterocycles. The van der Waals surface area contributed by atoms with Crippen molar-refractivity contribution in [2.24, 2.45) is 0 Å². The van der Waals surface area contributed by atoms with Gasteiger partial charge in [-0.05, 0) is 66.4 Å². The highest BCUT2D eigenvalue weighted by Crippen LogP contribution is 2.35. The highest BCUT2D eigenvalue weighted by atomic mass is 19.1. The molecule has 2 amide bonds. The molecule has 0 saturated carbocycles. The standard InChI is InChI=1S/C25H23FN2O3/c1-2-31-24(29)19-9-13-21(14-10-19)27-25(30)28-16-15-17-5-3-4-6-22(17)23(28)18-7-11-20(26)12-8-18/h3-14,23H,2,15-16H2,1H3,(H,27,30)/t23-/m0/s1. The summed E-state index contributed by atoms with van der Waals surface area (Å²) in [6.07, 6.45) is 0.739. The number of rotatable bonds is 4. The molecule has 0 unspecified atom stereocenters. The molecule has 0 bridgehead atoms. The molecule has 0 radical (unpaired) electrons. The van der Waals surface area contributed by atoms with E-state index in [1.54, 1.807) is 48.2 Å². The van der Waals surface area contributed by atoms with E-state index < -0.39 is 5.97 Å². The Bertz CT molecular complexity index is 1080. The average molecular weight is 418 g/mol. The van der Waals surface area contributed by atoms with Gasteiger partial charge in [0.05, 0.1) is 18.2 Å². The first-order chi connectivity index (χ1) is 15.1. The molecule has 0 aromatic heterocycles. The molecule has 31 heavy (non-hydrogen) atoms. The molecule has 3 aromatic rings. The number of carbonyl (C=O) groups is 2. The summed E-state index contributed by atoms with van der Waals surface area (Å²) in [4.78, 5) is 26.8. The number of urea groups is 1. The zero-order valence-corrected chi connectivity index (χ0v) is 17.2. The molecule has 0 spiro atoms. The number of anilines is 1. The van der Waals surface area contributed by atoms with E-state index in [1.165, 1.54) is 17.7 Å². The van der Waals surface area contributed by atoms with Crippen molar-refractivity contribution in [3.8, 4) is 0 Å². The number of hydrogen-bond acceptors (Lipinski definition) is 3. The van der Waals surface area contributed by atoms with E-state index in [0.717, 1.165) is 17.5 Å². The zero-order valence-electron chi connectivity index (χ0n) is 17.2. The third-order valence-electron chi connectivity index (χ3n) is 5.38. The SMILES string of the molecule is CCOC(=O)c1ccc(NC(=O)N2CCc3ccccc3[C@@H]2c2ccc(F)cc2)cc1. The molecular weight excluding hydrogens is 395 g/mol. The topological polar surface area (TPSA) is 58.6 Å². The Hall–Kier alpha value is -3.67. The van der Waals surface area contributed by atoms with Gasteiger partial charge in [-0.25, -0.2) is 14.0 Å². The fourth-order valence-corrected chi connectivity index (χ4v) is 3.89. The largest absolute Gasteiger partial charge is 0.462 e. The minimum Gasteiger partial charge on any atom is -0.462 e. The van der Waals surface area contributed by atoms with Crippen LogP contribution in [0.15, 0.2) is 72.8 Å². The van der Waals surface area contributed by atoms with Gasteiger partial charge in [0.1, 0.15) is 5.82 Å². The highest BCUT2D eigenvalue weighted by Gasteiger charge is 2.32. The minimum atomic E-state index is -0.399. The van der Waals surface area contributed by atoms with Gasteiger partial charge >= 0.3 is 12.0 Å². The smallest absolute Gasteiger partial charge is 0.338 e. The third kappa shape index (κ3) is 4.43. The van der Waals surface area contributed by atoms with Crippen molar-refractivity contribution in [1.82, 2.24) is 4.90 Å². The van der Waals surface area contributed by atoms with E-state index in [2.05, 4.69) is 11.4 Å². The number of esters is 1. The van der Waals surface area contributed by atoms with Crippen molar-refractivity contribution < 1.29 is 18.7 Å². The molecule has 1 N–H and O–H groups in total. The second-order valence-electron chi connectivity index (χ2n) is 7.32. The van der Waals surface area contributed by atoms with Crippen molar-refractivity contribution >= 4 is 17.7 Å². The van der Waals surface area contributed by atoms with Gasteiger partial charge in [-0.2, -0.15) is 0 Å². The van der Waals surface area contributed by atoms with E-state index >= 15 is 0 Å². The normalized spacial score (nSPS) is 15.2. The first-order valence-corrected chi connectivity index (χ1v) is 10.2. The molecule has 158 valence electrons. The molecule has 0 saturated heterocycles. The summed E-state index contributed by atoms with van der Waals surface area (Å²) in [6, 6.07) is 20.3. The number of fused-ring (bicyclic) bond motifs is 1. The van der Waals surface area contributed by atoms with Gasteiger partial charge < -0.3 is 15.0 Å². The first-order valence-electron chi connectivity index (χ1n) is 10.2. The van der Waals surface area contributed by atoms with Crippen LogP contribution >= 0.6 is 0 Å². The minimum absolute atomic E-state index is 0.257. The number of carbonyl (C=O) groups excluding carboxylic acids is 2. The molecule has 0 aliphatic carbocycles. The number of halogens is 1. The van der Waals surface area contributed by atoms with E-state index in [-0.39, 0.29) is 17.9 Å². The molecule has 1 aliphatic heterocycles. The maximum Gasteiger partial charge on any atom is 0.338 e. The molecule has 3 aromatic carbocycles. The maximum absolute atomic E-state index is 13.5. The Morgan fingerprint density at radius 2 is 1.74 bits per heavy atom. The van der Waals surface area contributed by atoms with E-state index in [0.29, 0.717) is 24.4 Å². The first kappa shape index (κ1) is 20.6. The molecular formula is C25H23FN2O3. The Morgan fingerprint density at radius 1 is 1.03 bits per heavy atom. The fourth-order valence-electron chi connectivity index (χ4n) is 3.89. The second kappa shape index (κ2) is 9.00. The lowest BCUT2D eigenvalue weighted by Crippen LogP contribution is -2.43. The number of nitrogens with one attached hydrogen (secondary N) is 1. The van der Waals surface area contributed by atoms with Crippen molar-refractivity contribution in [3.63, 3.8) is 0 Å². The zero-order chi connectivity index (χ0) is 21.8. The van der Waals surface area contributed by atoms with Crippen LogP contribution in [0.3, 0.4) is 0 Å². The summed E-state index contributed by atoms with van der Waals surface area (Å²) in [5.74, 6) is -0.713. The van der Waals surface area contributed by atoms with E-state index in [9.17, 15) is 14.0 Å². The maximum atomic E-state index is 13.5. The number of ether oxygens (including phenoxy) is 1. The van der Waals surface area contributed by atoms with Crippen LogP contribution in [0.4, 0.5) is 14.9 Å². The monoisotopic (exact) mass is 418 g/mol. The predicted octanol–water partition coefficient (Wildman–Crippen LogP) is 5.18. The number of amides is 2. The van der Waals surface area contributed by atoms with Crippen molar-refractivity contribution in [3.05, 3.63) is 101 Å². The Labute approximate surface area is 180 Å². The van der Waals surface area contributed by atoms with Gasteiger partial charge in [-0.1, -0.05) is 36.4 Å². The summed E-state index contributed by atoms with van der Waals surface area (Å²) in [5.41, 5.74) is 4.07. The van der Waals surface area contributed by atoms with Gasteiger partial charge in [0, 0.05) is 12.2 Å². The molecule has 4 rings (SSSR count). The van der Waals surface area contributed by atoms with Gasteiger partial charge in [0.2, 0.25) is 0 Å². The Balaban J connectivity index is 1.59. The fraction of sp³-hybridized carbons (Fsp3) is 0.200. The molecule has 0 fully saturated rings. The average Bonchev–Trinajstić information content (AvgIpc) is 2.79. The number of benzene rings is 3. The second-order valence-corrected chi connectivity index (χ2v) is 7.32. The van der Waals surface area contributed by atoms with Crippen LogP contribution in [0.1, 0.15) is 40.0 Å². The van der Waals surface area contributed by atoms with Gasteiger partial charge in [0.15, 0.2) is 0 Å². The van der Waals surface area contributed by atoms with E-state index in [1.807, 2.05) is 18.2 Å². The van der Waals surface area contributed by atoms with Crippen LogP contribution in [-0.4, -0.2) is 30.1 Å². The quantitative estimate of drug-likeness (QED) is 0.594. The van der Waals surface area contributed by atoms with Gasteiger partial charge in [-0.3, -0.25) is 0 Å². The summed E-state index contributed by atoms with van der Waals surface area (Å²) in [6.45, 7) is 2.59. The lowest BCUT2D eigenvalue weighted by molar-refractivity contribution is 0.0526. The summed E-state index contributed by atoms with van der Waals surface area (Å²) in [7, 11) is 0. The lowest BCUT2D eigenvalue weighted by atomic mass is 9.88. The van der Waals surface area contributed by atoms with Crippen LogP contribution in [0, 0.1) is 5.82 Å². The number of nitrogens with zero attached hydrogens (tertiary/aromatic N) is 1. The van der Waals surface area contributed by atoms with Crippen LogP contribution in [0.5, 0.6) is 0 Å². The van der Waals surface area contributed by atoms with Crippen molar-refractivity contribution in [2.75, 3.05) is 18.5 Å². The summed E-state index contributed by atoms with van der Waals surface area (Å²) in [5, 5.41) is 2.91. The van der Waals surface area contributed by atoms with Crippen molar-refractivity contribution in [2.45, 2.75) is 19.4 Å². The Morgan fingerprint density at radius 3 is 2.45 bits per heavy atom. The molecule has 6 heteroatoms. The van der Waals surface area contributed by atoms with Crippen LogP contribution in [-0.2, 0) is 11.2 Å². The molecule has 1 aliphatic rings. The highest BCUT2D eigenvalue weighted by molar-refractivity contribution is 5.92. The summed E-state index contributed by atoms with van der Waals surface area (Å²) < 4.78 is 18.5. The molecule has 5 nitrogen and oxygen atoms in total. The third-order valence-corrected chi connectivity index (χ3v) is 5.38. The van der Waals surface area contributed by atoms with Crippen molar-refractivity contribution in [1.29, 1.82) is 0 Å². The number of hydrogen-bond donors (Lipinski definition) is 1. The predicted molar refractivity (Wildman–Crippen MR) is 117 cm³/mol. The van der Waals surface area contributed by atoms with Gasteiger partial charge in [-0.15, -0.1) is 0 Å². The van der Waals surface area contributed by atoms with E-state index in [4.69, 9.17) is 4.74 Å². The van der Waals surface area contributed by atoms with Crippen LogP contribution in [0.25, 0.3) is 0 Å². The summed E-state index contributed by atoms with van der Waals surface area (Å²) >= 11 is 0. The van der Waals surface area contributed by atoms with Gasteiger partial charge in [0.25, 0.3) is 0 Å².